The minimum absolute atomic E-state index is 0.0742. The van der Waals surface area contributed by atoms with Gasteiger partial charge in [-0.15, -0.1) is 0 Å². The van der Waals surface area contributed by atoms with Crippen molar-refractivity contribution in [3.8, 4) is 0 Å². The van der Waals surface area contributed by atoms with Crippen LogP contribution in [0.25, 0.3) is 0 Å². The zero-order valence-corrected chi connectivity index (χ0v) is 9.68. The highest BCUT2D eigenvalue weighted by Crippen LogP contribution is 2.35. The van der Waals surface area contributed by atoms with Gasteiger partial charge in [0.25, 0.3) is 0 Å². The maximum absolute atomic E-state index is 14.6. The molecule has 2 N–H and O–H groups in total. The number of halogens is 3. The highest BCUT2D eigenvalue weighted by molar-refractivity contribution is 5.26. The van der Waals surface area contributed by atoms with E-state index in [9.17, 15) is 13.2 Å². The molecular weight excluding hydrogens is 231 g/mol. The van der Waals surface area contributed by atoms with E-state index in [1.807, 2.05) is 0 Å². The van der Waals surface area contributed by atoms with Crippen molar-refractivity contribution in [3.63, 3.8) is 0 Å². The fraction of sp³-hybridized carbons (Fsp3) is 0.500. The quantitative estimate of drug-likeness (QED) is 0.838. The topological polar surface area (TPSA) is 35.2 Å². The average Bonchev–Trinajstić information content (AvgIpc) is 2.26. The molecule has 1 atom stereocenters. The smallest absolute Gasteiger partial charge is 0.164 e. The van der Waals surface area contributed by atoms with Gasteiger partial charge < -0.3 is 10.5 Å². The van der Waals surface area contributed by atoms with Crippen LogP contribution >= 0.6 is 0 Å². The Morgan fingerprint density at radius 1 is 1.29 bits per heavy atom. The summed E-state index contributed by atoms with van der Waals surface area (Å²) in [6.45, 7) is -0.143. The van der Waals surface area contributed by atoms with Crippen molar-refractivity contribution >= 4 is 0 Å². The Bertz CT molecular complexity index is 353. The van der Waals surface area contributed by atoms with Crippen LogP contribution in [0.5, 0.6) is 0 Å². The lowest BCUT2D eigenvalue weighted by Crippen LogP contribution is -2.29. The Morgan fingerprint density at radius 3 is 2.35 bits per heavy atom. The third-order valence-electron chi connectivity index (χ3n) is 2.56. The Hall–Kier alpha value is -1.07. The van der Waals surface area contributed by atoms with Gasteiger partial charge in [0.1, 0.15) is 11.6 Å². The zero-order valence-electron chi connectivity index (χ0n) is 9.68. The van der Waals surface area contributed by atoms with Gasteiger partial charge in [0.05, 0.1) is 12.2 Å². The number of hydrogen-bond acceptors (Lipinski definition) is 2. The van der Waals surface area contributed by atoms with Crippen LogP contribution in [0.3, 0.4) is 0 Å². The van der Waals surface area contributed by atoms with Gasteiger partial charge in [-0.1, -0.05) is 6.07 Å². The fourth-order valence-corrected chi connectivity index (χ4v) is 1.81. The lowest BCUT2D eigenvalue weighted by molar-refractivity contribution is 0.0249. The highest BCUT2D eigenvalue weighted by Gasteiger charge is 2.37. The Labute approximate surface area is 98.6 Å². The van der Waals surface area contributed by atoms with Gasteiger partial charge in [0, 0.05) is 7.11 Å². The highest BCUT2D eigenvalue weighted by atomic mass is 19.2. The van der Waals surface area contributed by atoms with Crippen LogP contribution in [-0.4, -0.2) is 20.3 Å². The summed E-state index contributed by atoms with van der Waals surface area (Å²) in [5, 5.41) is 0. The average molecular weight is 247 g/mol. The van der Waals surface area contributed by atoms with Gasteiger partial charge in [-0.2, -0.15) is 0 Å². The SMILES string of the molecule is COCC(F)(CCCN)c1c(F)cccc1F. The number of methoxy groups -OCH3 is 1. The molecule has 1 aromatic rings. The molecule has 0 fully saturated rings. The second kappa shape index (κ2) is 6.02. The van der Waals surface area contributed by atoms with Crippen molar-refractivity contribution in [2.75, 3.05) is 20.3 Å². The minimum Gasteiger partial charge on any atom is -0.381 e. The molecule has 2 nitrogen and oxygen atoms in total. The van der Waals surface area contributed by atoms with Crippen molar-refractivity contribution in [1.82, 2.24) is 0 Å². The maximum Gasteiger partial charge on any atom is 0.164 e. The molecule has 1 aromatic carbocycles. The summed E-state index contributed by atoms with van der Waals surface area (Å²) in [5.41, 5.74) is 2.54. The van der Waals surface area contributed by atoms with E-state index in [-0.39, 0.29) is 13.0 Å². The van der Waals surface area contributed by atoms with Crippen molar-refractivity contribution in [3.05, 3.63) is 35.4 Å². The van der Waals surface area contributed by atoms with E-state index >= 15 is 0 Å². The molecule has 0 saturated carbocycles. The van der Waals surface area contributed by atoms with E-state index in [4.69, 9.17) is 10.5 Å². The second-order valence-electron chi connectivity index (χ2n) is 3.89. The van der Waals surface area contributed by atoms with Gasteiger partial charge >= 0.3 is 0 Å². The van der Waals surface area contributed by atoms with Gasteiger partial charge in [-0.3, -0.25) is 0 Å². The molecule has 0 saturated heterocycles. The molecule has 0 aliphatic heterocycles. The van der Waals surface area contributed by atoms with E-state index in [1.165, 1.54) is 13.2 Å². The zero-order chi connectivity index (χ0) is 12.9. The van der Waals surface area contributed by atoms with Crippen LogP contribution in [0.2, 0.25) is 0 Å². The monoisotopic (exact) mass is 247 g/mol. The number of rotatable bonds is 6. The van der Waals surface area contributed by atoms with Crippen LogP contribution in [0.15, 0.2) is 18.2 Å². The summed E-state index contributed by atoms with van der Waals surface area (Å²) in [6, 6.07) is 3.26. The first-order chi connectivity index (χ1) is 8.05. The fourth-order valence-electron chi connectivity index (χ4n) is 1.81. The third-order valence-corrected chi connectivity index (χ3v) is 2.56. The molecule has 1 unspecified atom stereocenters. The predicted molar refractivity (Wildman–Crippen MR) is 59.3 cm³/mol. The summed E-state index contributed by atoms with van der Waals surface area (Å²) in [7, 11) is 1.29. The van der Waals surface area contributed by atoms with E-state index in [0.29, 0.717) is 6.42 Å². The van der Waals surface area contributed by atoms with E-state index in [2.05, 4.69) is 0 Å². The van der Waals surface area contributed by atoms with Crippen molar-refractivity contribution in [2.24, 2.45) is 5.73 Å². The molecule has 0 bridgehead atoms. The molecule has 0 spiro atoms. The molecular formula is C12H16F3NO. The van der Waals surface area contributed by atoms with Crippen molar-refractivity contribution in [2.45, 2.75) is 18.5 Å². The number of ether oxygens (including phenoxy) is 1. The Balaban J connectivity index is 3.12. The van der Waals surface area contributed by atoms with Crippen molar-refractivity contribution < 1.29 is 17.9 Å². The van der Waals surface area contributed by atoms with E-state index < -0.39 is 29.5 Å². The van der Waals surface area contributed by atoms with Gasteiger partial charge in [0.2, 0.25) is 0 Å². The molecule has 96 valence electrons. The molecule has 0 aliphatic rings. The molecule has 1 rings (SSSR count). The number of alkyl halides is 1. The van der Waals surface area contributed by atoms with Crippen molar-refractivity contribution in [1.29, 1.82) is 0 Å². The standard InChI is InChI=1S/C12H16F3NO/c1-17-8-12(15,6-3-7-16)11-9(13)4-2-5-10(11)14/h2,4-5H,3,6-8,16H2,1H3. The molecule has 0 heterocycles. The molecule has 5 heteroatoms. The normalized spacial score (nSPS) is 14.6. The maximum atomic E-state index is 14.6. The minimum atomic E-state index is -2.18. The summed E-state index contributed by atoms with van der Waals surface area (Å²) < 4.78 is 46.4. The molecule has 0 amide bonds. The first-order valence-corrected chi connectivity index (χ1v) is 5.37. The van der Waals surface area contributed by atoms with Crippen LogP contribution in [0.4, 0.5) is 13.2 Å². The van der Waals surface area contributed by atoms with E-state index in [1.54, 1.807) is 0 Å². The predicted octanol–water partition coefficient (Wildman–Crippen LogP) is 2.51. The lowest BCUT2D eigenvalue weighted by atomic mass is 9.90. The Morgan fingerprint density at radius 2 is 1.88 bits per heavy atom. The number of nitrogens with two attached hydrogens (primary N) is 1. The molecule has 0 aromatic heterocycles. The summed E-state index contributed by atoms with van der Waals surface area (Å²) in [4.78, 5) is 0. The first-order valence-electron chi connectivity index (χ1n) is 5.37. The summed E-state index contributed by atoms with van der Waals surface area (Å²) in [6.07, 6.45) is 0.253. The van der Waals surface area contributed by atoms with Gasteiger partial charge in [0.15, 0.2) is 5.67 Å². The summed E-state index contributed by atoms with van der Waals surface area (Å²) in [5.74, 6) is -1.80. The molecule has 0 radical (unpaired) electrons. The second-order valence-corrected chi connectivity index (χ2v) is 3.89. The largest absolute Gasteiger partial charge is 0.381 e. The van der Waals surface area contributed by atoms with Crippen LogP contribution < -0.4 is 5.73 Å². The molecule has 17 heavy (non-hydrogen) atoms. The first kappa shape index (κ1) is 14.0. The third kappa shape index (κ3) is 3.20. The van der Waals surface area contributed by atoms with Crippen LogP contribution in [0, 0.1) is 11.6 Å². The van der Waals surface area contributed by atoms with Crippen LogP contribution in [0.1, 0.15) is 18.4 Å². The Kier molecular flexibility index (Phi) is 4.96. The lowest BCUT2D eigenvalue weighted by Gasteiger charge is -2.25. The van der Waals surface area contributed by atoms with Gasteiger partial charge in [-0.25, -0.2) is 13.2 Å². The number of benzene rings is 1. The van der Waals surface area contributed by atoms with Gasteiger partial charge in [-0.05, 0) is 31.5 Å². The summed E-state index contributed by atoms with van der Waals surface area (Å²) >= 11 is 0. The molecule has 0 aliphatic carbocycles. The number of hydrogen-bond donors (Lipinski definition) is 1. The van der Waals surface area contributed by atoms with E-state index in [0.717, 1.165) is 12.1 Å². The van der Waals surface area contributed by atoms with Crippen LogP contribution in [-0.2, 0) is 10.4 Å².